The summed E-state index contributed by atoms with van der Waals surface area (Å²) in [4.78, 5) is 79.1. The Hall–Kier alpha value is -6.12. The van der Waals surface area contributed by atoms with Crippen LogP contribution >= 0.6 is 0 Å². The van der Waals surface area contributed by atoms with E-state index in [0.29, 0.717) is 0 Å². The third kappa shape index (κ3) is 14.0. The summed E-state index contributed by atoms with van der Waals surface area (Å²) >= 11 is 0. The van der Waals surface area contributed by atoms with Crippen molar-refractivity contribution in [3.8, 4) is 11.1 Å². The lowest BCUT2D eigenvalue weighted by atomic mass is 9.98. The summed E-state index contributed by atoms with van der Waals surface area (Å²) in [5.74, 6) is -2.93. The highest BCUT2D eigenvalue weighted by Gasteiger charge is 2.37. The zero-order valence-corrected chi connectivity index (χ0v) is 34.7. The molecule has 0 saturated heterocycles. The molecule has 0 aliphatic heterocycles. The average molecular weight is 817 g/mol. The Kier molecular flexibility index (Phi) is 16.7. The summed E-state index contributed by atoms with van der Waals surface area (Å²) in [5.41, 5.74) is 3.99. The van der Waals surface area contributed by atoms with Gasteiger partial charge in [-0.1, -0.05) is 92.7 Å². The first kappa shape index (κ1) is 45.6. The number of carbonyl (C=O) groups excluding carboxylic acids is 6. The number of ether oxygens (including phenoxy) is 5. The highest BCUT2D eigenvalue weighted by molar-refractivity contribution is 5.90. The fourth-order valence-electron chi connectivity index (χ4n) is 6.54. The number of alkyl carbamates (subject to hydrolysis) is 3. The summed E-state index contributed by atoms with van der Waals surface area (Å²) in [6.07, 6.45) is -3.89. The van der Waals surface area contributed by atoms with E-state index in [0.717, 1.165) is 27.8 Å². The first-order valence-electron chi connectivity index (χ1n) is 19.7. The van der Waals surface area contributed by atoms with Crippen molar-refractivity contribution in [2.75, 3.05) is 20.3 Å². The molecule has 15 nitrogen and oxygen atoms in total. The molecule has 59 heavy (non-hydrogen) atoms. The Morgan fingerprint density at radius 1 is 0.695 bits per heavy atom. The molecule has 4 atom stereocenters. The molecule has 4 N–H and O–H groups in total. The predicted molar refractivity (Wildman–Crippen MR) is 218 cm³/mol. The second-order valence-corrected chi connectivity index (χ2v) is 15.7. The number of rotatable bonds is 18. The number of fused-ring (bicyclic) bond motifs is 3. The number of hydrogen-bond donors (Lipinski definition) is 4. The highest BCUT2D eigenvalue weighted by atomic mass is 16.6. The Balaban J connectivity index is 1.48. The van der Waals surface area contributed by atoms with Gasteiger partial charge in [0.1, 0.15) is 30.9 Å². The Morgan fingerprint density at radius 3 is 1.90 bits per heavy atom. The van der Waals surface area contributed by atoms with Crippen molar-refractivity contribution >= 4 is 36.1 Å². The van der Waals surface area contributed by atoms with Crippen LogP contribution in [0.2, 0.25) is 0 Å². The molecule has 4 amide bonds. The molecule has 3 aromatic rings. The number of nitrogens with one attached hydrogen (secondary N) is 4. The van der Waals surface area contributed by atoms with E-state index in [2.05, 4.69) is 21.3 Å². The molecule has 1 unspecified atom stereocenters. The molecule has 1 aliphatic carbocycles. The normalized spacial score (nSPS) is 14.0. The summed E-state index contributed by atoms with van der Waals surface area (Å²) in [6, 6.07) is 21.2. The van der Waals surface area contributed by atoms with E-state index >= 15 is 0 Å². The summed E-state index contributed by atoms with van der Waals surface area (Å²) in [6.45, 7) is 10.2. The minimum absolute atomic E-state index is 0.0161. The Bertz CT molecular complexity index is 1870. The average Bonchev–Trinajstić information content (AvgIpc) is 3.51. The van der Waals surface area contributed by atoms with Gasteiger partial charge < -0.3 is 45.0 Å². The molecule has 0 aromatic heterocycles. The SMILES string of the molecule is COC(=O)[C@H](CC(C)C)NC(=O)C(OC(=O)[C@H](CCCNC(=O)OCc1ccccc1)NC(=O)OC(C)(C)C)[C@H](C)NC(=O)OCC1c2ccccc2-c2ccccc21. The molecule has 0 radical (unpaired) electrons. The fraction of sp³-hybridized carbons (Fsp3) is 0.455. The van der Waals surface area contributed by atoms with Crippen LogP contribution in [0.1, 0.15) is 83.4 Å². The van der Waals surface area contributed by atoms with E-state index in [4.69, 9.17) is 23.7 Å². The third-order valence-electron chi connectivity index (χ3n) is 9.28. The van der Waals surface area contributed by atoms with Crippen molar-refractivity contribution in [3.63, 3.8) is 0 Å². The minimum atomic E-state index is -1.71. The van der Waals surface area contributed by atoms with Crippen LogP contribution in [0.4, 0.5) is 14.4 Å². The van der Waals surface area contributed by atoms with E-state index in [9.17, 15) is 28.8 Å². The first-order chi connectivity index (χ1) is 28.1. The van der Waals surface area contributed by atoms with Crippen molar-refractivity contribution in [3.05, 3.63) is 95.6 Å². The molecule has 4 rings (SSSR count). The molecule has 0 heterocycles. The first-order valence-corrected chi connectivity index (χ1v) is 19.7. The molecular weight excluding hydrogens is 761 g/mol. The van der Waals surface area contributed by atoms with Crippen LogP contribution in [0.15, 0.2) is 78.9 Å². The molecule has 0 bridgehead atoms. The standard InChI is InChI=1S/C44H56N4O11/c1-27(2)24-36(39(50)55-7)47-38(49)37(28(3)46-42(53)57-26-34-32-20-13-11-18-30(32)31-19-12-14-21-33(31)34)58-40(51)35(48-43(54)59-44(4,5)6)22-15-23-45-41(52)56-25-29-16-9-8-10-17-29/h8-14,16-21,27-28,34-37H,15,22-26H2,1-7H3,(H,45,52)(H,46,53)(H,47,49)(H,48,54)/t28-,35-,36-,37?/m0/s1. The predicted octanol–water partition coefficient (Wildman–Crippen LogP) is 6.13. The summed E-state index contributed by atoms with van der Waals surface area (Å²) in [7, 11) is 1.19. The lowest BCUT2D eigenvalue weighted by Gasteiger charge is -2.28. The molecule has 0 fully saturated rings. The van der Waals surface area contributed by atoms with Gasteiger partial charge in [-0.25, -0.2) is 24.0 Å². The van der Waals surface area contributed by atoms with Crippen LogP contribution in [-0.2, 0) is 44.7 Å². The number of methoxy groups -OCH3 is 1. The van der Waals surface area contributed by atoms with Crippen LogP contribution in [-0.4, -0.2) is 86.2 Å². The van der Waals surface area contributed by atoms with Crippen LogP contribution in [0, 0.1) is 5.92 Å². The van der Waals surface area contributed by atoms with Crippen molar-refractivity contribution < 1.29 is 52.5 Å². The van der Waals surface area contributed by atoms with Crippen LogP contribution in [0.5, 0.6) is 0 Å². The molecular formula is C44H56N4O11. The highest BCUT2D eigenvalue weighted by Crippen LogP contribution is 2.44. The van der Waals surface area contributed by atoms with Gasteiger partial charge in [0.25, 0.3) is 5.91 Å². The maximum absolute atomic E-state index is 13.9. The topological polar surface area (TPSA) is 197 Å². The molecule has 0 saturated carbocycles. The Morgan fingerprint density at radius 2 is 1.31 bits per heavy atom. The van der Waals surface area contributed by atoms with E-state index < -0.39 is 66.0 Å². The zero-order valence-electron chi connectivity index (χ0n) is 34.7. The van der Waals surface area contributed by atoms with Gasteiger partial charge in [-0.15, -0.1) is 0 Å². The molecule has 1 aliphatic rings. The maximum atomic E-state index is 13.9. The van der Waals surface area contributed by atoms with Gasteiger partial charge in [0.2, 0.25) is 0 Å². The fourth-order valence-corrected chi connectivity index (χ4v) is 6.54. The van der Waals surface area contributed by atoms with Gasteiger partial charge >= 0.3 is 30.2 Å². The minimum Gasteiger partial charge on any atom is -0.467 e. The van der Waals surface area contributed by atoms with Crippen LogP contribution in [0.25, 0.3) is 11.1 Å². The smallest absolute Gasteiger partial charge is 0.408 e. The number of esters is 2. The Labute approximate surface area is 345 Å². The second kappa shape index (κ2) is 21.6. The van der Waals surface area contributed by atoms with Gasteiger partial charge in [-0.2, -0.15) is 0 Å². The largest absolute Gasteiger partial charge is 0.467 e. The van der Waals surface area contributed by atoms with E-state index in [1.54, 1.807) is 20.8 Å². The number of hydrogen-bond acceptors (Lipinski definition) is 11. The van der Waals surface area contributed by atoms with Crippen LogP contribution in [0.3, 0.4) is 0 Å². The molecule has 15 heteroatoms. The molecule has 3 aromatic carbocycles. The van der Waals surface area contributed by atoms with Gasteiger partial charge in [0, 0.05) is 12.5 Å². The quantitative estimate of drug-likeness (QED) is 0.0655. The van der Waals surface area contributed by atoms with Crippen molar-refractivity contribution in [1.82, 2.24) is 21.3 Å². The zero-order chi connectivity index (χ0) is 43.1. The number of carbonyl (C=O) groups is 6. The lowest BCUT2D eigenvalue weighted by Crippen LogP contribution is -2.56. The van der Waals surface area contributed by atoms with E-state index in [1.807, 2.05) is 92.7 Å². The van der Waals surface area contributed by atoms with Gasteiger partial charge in [0.15, 0.2) is 6.10 Å². The monoisotopic (exact) mass is 816 g/mol. The van der Waals surface area contributed by atoms with Crippen molar-refractivity contribution in [1.29, 1.82) is 0 Å². The van der Waals surface area contributed by atoms with Gasteiger partial charge in [0.05, 0.1) is 13.2 Å². The second-order valence-electron chi connectivity index (χ2n) is 15.7. The number of amides is 4. The molecule has 0 spiro atoms. The van der Waals surface area contributed by atoms with Gasteiger partial charge in [-0.3, -0.25) is 4.79 Å². The van der Waals surface area contributed by atoms with Gasteiger partial charge in [-0.05, 0) is 80.7 Å². The summed E-state index contributed by atoms with van der Waals surface area (Å²) < 4.78 is 27.0. The lowest BCUT2D eigenvalue weighted by molar-refractivity contribution is -0.160. The maximum Gasteiger partial charge on any atom is 0.408 e. The number of benzene rings is 3. The van der Waals surface area contributed by atoms with E-state index in [1.165, 1.54) is 14.0 Å². The summed E-state index contributed by atoms with van der Waals surface area (Å²) in [5, 5.41) is 10.3. The third-order valence-corrected chi connectivity index (χ3v) is 9.28. The van der Waals surface area contributed by atoms with Crippen LogP contribution < -0.4 is 21.3 Å². The molecule has 318 valence electrons. The van der Waals surface area contributed by atoms with Crippen molar-refractivity contribution in [2.24, 2.45) is 5.92 Å². The van der Waals surface area contributed by atoms with E-state index in [-0.39, 0.29) is 50.9 Å². The van der Waals surface area contributed by atoms with Crippen molar-refractivity contribution in [2.45, 2.75) is 103 Å².